The maximum Gasteiger partial charge on any atom is 0.227 e. The van der Waals surface area contributed by atoms with E-state index in [2.05, 4.69) is 15.5 Å². The summed E-state index contributed by atoms with van der Waals surface area (Å²) in [6.45, 7) is 2.04. The fraction of sp³-hybridized carbons (Fsp3) is 0.182. The van der Waals surface area contributed by atoms with Crippen LogP contribution in [0.15, 0.2) is 60.8 Å². The van der Waals surface area contributed by atoms with E-state index in [4.69, 9.17) is 0 Å². The third kappa shape index (κ3) is 4.41. The van der Waals surface area contributed by atoms with Crippen molar-refractivity contribution < 1.29 is 9.59 Å². The molecule has 2 heterocycles. The van der Waals surface area contributed by atoms with Gasteiger partial charge in [-0.25, -0.2) is 0 Å². The Morgan fingerprint density at radius 3 is 2.59 bits per heavy atom. The number of hydrogen-bond acceptors (Lipinski definition) is 5. The minimum Gasteiger partial charge on any atom is -0.346 e. The van der Waals surface area contributed by atoms with Crippen molar-refractivity contribution in [3.8, 4) is 0 Å². The smallest absolute Gasteiger partial charge is 0.227 e. The molecule has 29 heavy (non-hydrogen) atoms. The zero-order valence-electron chi connectivity index (χ0n) is 16.0. The van der Waals surface area contributed by atoms with Gasteiger partial charge in [0.1, 0.15) is 5.01 Å². The molecule has 6 nitrogen and oxygen atoms in total. The summed E-state index contributed by atoms with van der Waals surface area (Å²) in [5.74, 6) is -0.112. The molecule has 0 aliphatic carbocycles. The summed E-state index contributed by atoms with van der Waals surface area (Å²) in [6, 6.07) is 17.8. The fourth-order valence-corrected chi connectivity index (χ4v) is 4.05. The lowest BCUT2D eigenvalue weighted by molar-refractivity contribution is -0.116. The van der Waals surface area contributed by atoms with Crippen LogP contribution < -0.4 is 5.32 Å². The normalized spacial score (nSPS) is 10.9. The zero-order valence-corrected chi connectivity index (χ0v) is 16.8. The summed E-state index contributed by atoms with van der Waals surface area (Å²) >= 11 is 1.38. The second-order valence-electron chi connectivity index (χ2n) is 6.77. The van der Waals surface area contributed by atoms with E-state index in [-0.39, 0.29) is 18.1 Å². The number of para-hydroxylation sites is 1. The Labute approximate surface area is 172 Å². The minimum absolute atomic E-state index is 0.0178. The lowest BCUT2D eigenvalue weighted by atomic mass is 10.1. The number of Topliss-reactive ketones (excluding diaryl/α,β-unsaturated/α-hetero) is 1. The predicted molar refractivity (Wildman–Crippen MR) is 114 cm³/mol. The fourth-order valence-electron chi connectivity index (χ4n) is 3.26. The van der Waals surface area contributed by atoms with Crippen LogP contribution in [-0.2, 0) is 17.8 Å². The first-order chi connectivity index (χ1) is 14.1. The third-order valence-electron chi connectivity index (χ3n) is 4.66. The molecule has 0 atom stereocenters. The first-order valence-corrected chi connectivity index (χ1v) is 10.2. The molecule has 2 aromatic carbocycles. The van der Waals surface area contributed by atoms with Crippen molar-refractivity contribution in [1.82, 2.24) is 14.8 Å². The van der Waals surface area contributed by atoms with Gasteiger partial charge in [-0.3, -0.25) is 9.59 Å². The monoisotopic (exact) mass is 404 g/mol. The van der Waals surface area contributed by atoms with E-state index < -0.39 is 0 Å². The summed E-state index contributed by atoms with van der Waals surface area (Å²) in [7, 11) is 0. The Morgan fingerprint density at radius 1 is 1.03 bits per heavy atom. The van der Waals surface area contributed by atoms with Crippen LogP contribution in [0.25, 0.3) is 10.9 Å². The Hall–Kier alpha value is -3.32. The molecule has 0 aliphatic heterocycles. The highest BCUT2D eigenvalue weighted by atomic mass is 32.1. The molecule has 0 fully saturated rings. The van der Waals surface area contributed by atoms with Crippen LogP contribution in [0.2, 0.25) is 0 Å². The molecule has 4 rings (SSSR count). The molecule has 0 unspecified atom stereocenters. The summed E-state index contributed by atoms with van der Waals surface area (Å²) in [6.07, 6.45) is 2.80. The molecule has 1 amide bonds. The van der Waals surface area contributed by atoms with Crippen LogP contribution in [0, 0.1) is 0 Å². The van der Waals surface area contributed by atoms with Crippen molar-refractivity contribution in [2.75, 3.05) is 5.32 Å². The van der Waals surface area contributed by atoms with Gasteiger partial charge in [-0.1, -0.05) is 59.9 Å². The van der Waals surface area contributed by atoms with Crippen LogP contribution in [0.1, 0.15) is 34.3 Å². The number of aromatic nitrogens is 3. The first kappa shape index (κ1) is 19.0. The number of nitrogens with zero attached hydrogens (tertiary/aromatic N) is 3. The van der Waals surface area contributed by atoms with Crippen molar-refractivity contribution in [3.05, 3.63) is 76.9 Å². The lowest BCUT2D eigenvalue weighted by Gasteiger charge is -2.05. The number of anilines is 1. The molecule has 1 N–H and O–H groups in total. The van der Waals surface area contributed by atoms with Gasteiger partial charge in [0.25, 0.3) is 0 Å². The average Bonchev–Trinajstić information content (AvgIpc) is 3.31. The molecular formula is C22H20N4O2S. The maximum atomic E-state index is 12.4. The summed E-state index contributed by atoms with van der Waals surface area (Å²) < 4.78 is 1.95. The summed E-state index contributed by atoms with van der Waals surface area (Å²) in [5.41, 5.74) is 2.78. The zero-order chi connectivity index (χ0) is 20.2. The Morgan fingerprint density at radius 2 is 1.79 bits per heavy atom. The van der Waals surface area contributed by atoms with E-state index in [9.17, 15) is 9.59 Å². The molecule has 0 bridgehead atoms. The standard InChI is InChI=1S/C22H20N4O2S/c1-15(27)18-14-26(19-10-6-5-9-17(18)19)12-11-20(28)23-22-25-24-21(29-22)13-16-7-3-2-4-8-16/h2-10,14H,11-13H2,1H3,(H,23,25,28). The number of ketones is 1. The molecule has 0 spiro atoms. The Kier molecular flexibility index (Phi) is 5.48. The molecule has 7 heteroatoms. The van der Waals surface area contributed by atoms with Gasteiger partial charge in [0.05, 0.1) is 0 Å². The molecule has 0 saturated heterocycles. The predicted octanol–water partition coefficient (Wildman–Crippen LogP) is 4.32. The van der Waals surface area contributed by atoms with Crippen LogP contribution in [0.4, 0.5) is 5.13 Å². The lowest BCUT2D eigenvalue weighted by Crippen LogP contribution is -2.14. The second-order valence-corrected chi connectivity index (χ2v) is 7.83. The van der Waals surface area contributed by atoms with E-state index in [1.807, 2.05) is 65.4 Å². The van der Waals surface area contributed by atoms with Crippen molar-refractivity contribution in [3.63, 3.8) is 0 Å². The van der Waals surface area contributed by atoms with E-state index in [1.54, 1.807) is 6.92 Å². The van der Waals surface area contributed by atoms with Gasteiger partial charge in [0, 0.05) is 42.0 Å². The van der Waals surface area contributed by atoms with Crippen molar-refractivity contribution in [2.45, 2.75) is 26.3 Å². The number of carbonyl (C=O) groups is 2. The van der Waals surface area contributed by atoms with Gasteiger partial charge in [-0.05, 0) is 18.6 Å². The van der Waals surface area contributed by atoms with E-state index >= 15 is 0 Å². The number of nitrogens with one attached hydrogen (secondary N) is 1. The number of rotatable bonds is 7. The number of carbonyl (C=O) groups excluding carboxylic acids is 2. The number of benzene rings is 2. The van der Waals surface area contributed by atoms with Crippen molar-refractivity contribution in [2.24, 2.45) is 0 Å². The quantitative estimate of drug-likeness (QED) is 0.466. The van der Waals surface area contributed by atoms with Crippen LogP contribution in [-0.4, -0.2) is 26.5 Å². The van der Waals surface area contributed by atoms with Crippen LogP contribution >= 0.6 is 11.3 Å². The molecule has 0 radical (unpaired) electrons. The van der Waals surface area contributed by atoms with Gasteiger partial charge in [-0.2, -0.15) is 0 Å². The van der Waals surface area contributed by atoms with Gasteiger partial charge in [-0.15, -0.1) is 10.2 Å². The molecular weight excluding hydrogens is 384 g/mol. The SMILES string of the molecule is CC(=O)c1cn(CCC(=O)Nc2nnc(Cc3ccccc3)s2)c2ccccc12. The van der Waals surface area contributed by atoms with E-state index in [1.165, 1.54) is 11.3 Å². The average molecular weight is 404 g/mol. The first-order valence-electron chi connectivity index (χ1n) is 9.35. The molecule has 0 aliphatic rings. The van der Waals surface area contributed by atoms with E-state index in [0.717, 1.165) is 21.5 Å². The highest BCUT2D eigenvalue weighted by Crippen LogP contribution is 2.23. The van der Waals surface area contributed by atoms with E-state index in [0.29, 0.717) is 23.7 Å². The Bertz CT molecular complexity index is 1160. The molecule has 4 aromatic rings. The number of amides is 1. The largest absolute Gasteiger partial charge is 0.346 e. The summed E-state index contributed by atoms with van der Waals surface area (Å²) in [4.78, 5) is 24.3. The van der Waals surface area contributed by atoms with Gasteiger partial charge < -0.3 is 9.88 Å². The highest BCUT2D eigenvalue weighted by molar-refractivity contribution is 7.15. The van der Waals surface area contributed by atoms with Crippen molar-refractivity contribution in [1.29, 1.82) is 0 Å². The van der Waals surface area contributed by atoms with Gasteiger partial charge in [0.15, 0.2) is 5.78 Å². The topological polar surface area (TPSA) is 76.9 Å². The highest BCUT2D eigenvalue weighted by Gasteiger charge is 2.13. The second kappa shape index (κ2) is 8.36. The molecule has 2 aromatic heterocycles. The minimum atomic E-state index is -0.130. The molecule has 0 saturated carbocycles. The van der Waals surface area contributed by atoms with Gasteiger partial charge >= 0.3 is 0 Å². The Balaban J connectivity index is 1.39. The molecule has 146 valence electrons. The van der Waals surface area contributed by atoms with Crippen LogP contribution in [0.3, 0.4) is 0 Å². The maximum absolute atomic E-state index is 12.4. The van der Waals surface area contributed by atoms with Crippen LogP contribution in [0.5, 0.6) is 0 Å². The third-order valence-corrected chi connectivity index (χ3v) is 5.50. The van der Waals surface area contributed by atoms with Crippen molar-refractivity contribution >= 4 is 39.1 Å². The summed E-state index contributed by atoms with van der Waals surface area (Å²) in [5, 5.41) is 13.3. The number of hydrogen-bond donors (Lipinski definition) is 1. The number of aryl methyl sites for hydroxylation is 1. The number of fused-ring (bicyclic) bond motifs is 1. The van der Waals surface area contributed by atoms with Gasteiger partial charge in [0.2, 0.25) is 11.0 Å².